The Labute approximate surface area is 129 Å². The van der Waals surface area contributed by atoms with Crippen molar-refractivity contribution in [3.63, 3.8) is 0 Å². The summed E-state index contributed by atoms with van der Waals surface area (Å²) in [5.74, 6) is 0.0496. The Bertz CT molecular complexity index is 635. The summed E-state index contributed by atoms with van der Waals surface area (Å²) in [6, 6.07) is 7.83. The molecule has 4 nitrogen and oxygen atoms in total. The molecule has 2 aromatic rings. The Morgan fingerprint density at radius 2 is 2.24 bits per heavy atom. The van der Waals surface area contributed by atoms with Gasteiger partial charge in [-0.25, -0.2) is 4.98 Å². The van der Waals surface area contributed by atoms with Crippen molar-refractivity contribution in [3.8, 4) is 0 Å². The van der Waals surface area contributed by atoms with Crippen LogP contribution in [0.15, 0.2) is 43.0 Å². The maximum Gasteiger partial charge on any atom is 0.222 e. The van der Waals surface area contributed by atoms with E-state index >= 15 is 0 Å². The molecule has 0 bridgehead atoms. The second-order valence-electron chi connectivity index (χ2n) is 5.67. The second kappa shape index (κ2) is 5.53. The fourth-order valence-corrected chi connectivity index (χ4v) is 2.97. The number of carbonyl (C=O) groups is 1. The molecule has 0 spiro atoms. The number of benzene rings is 1. The van der Waals surface area contributed by atoms with Crippen molar-refractivity contribution in [3.05, 3.63) is 53.6 Å². The summed E-state index contributed by atoms with van der Waals surface area (Å²) in [5.41, 5.74) is 0.764. The quantitative estimate of drug-likeness (QED) is 0.921. The maximum atomic E-state index is 12.3. The van der Waals surface area contributed by atoms with Gasteiger partial charge in [0.1, 0.15) is 0 Å². The summed E-state index contributed by atoms with van der Waals surface area (Å²) in [7, 11) is 0. The Balaban J connectivity index is 1.66. The maximum absolute atomic E-state index is 12.3. The molecule has 21 heavy (non-hydrogen) atoms. The number of nitrogens with zero attached hydrogens (tertiary/aromatic N) is 2. The number of halogens is 1. The monoisotopic (exact) mass is 303 g/mol. The molecule has 1 amide bonds. The molecule has 0 aliphatic heterocycles. The van der Waals surface area contributed by atoms with Gasteiger partial charge in [0.15, 0.2) is 0 Å². The molecular weight excluding hydrogens is 286 g/mol. The highest BCUT2D eigenvalue weighted by molar-refractivity contribution is 6.31. The summed E-state index contributed by atoms with van der Waals surface area (Å²) >= 11 is 6.26. The van der Waals surface area contributed by atoms with E-state index in [1.54, 1.807) is 12.5 Å². The Morgan fingerprint density at radius 3 is 2.86 bits per heavy atom. The van der Waals surface area contributed by atoms with E-state index in [2.05, 4.69) is 10.3 Å². The summed E-state index contributed by atoms with van der Waals surface area (Å²) in [5, 5.41) is 3.88. The molecule has 0 unspecified atom stereocenters. The normalized spacial score (nSPS) is 17.2. The van der Waals surface area contributed by atoms with Crippen LogP contribution in [0.25, 0.3) is 0 Å². The lowest BCUT2D eigenvalue weighted by Gasteiger charge is -2.21. The highest BCUT2D eigenvalue weighted by atomic mass is 35.5. The van der Waals surface area contributed by atoms with Gasteiger partial charge in [-0.15, -0.1) is 0 Å². The van der Waals surface area contributed by atoms with E-state index < -0.39 is 0 Å². The molecule has 0 radical (unpaired) electrons. The Hall–Kier alpha value is -1.81. The first-order chi connectivity index (χ1) is 10.1. The summed E-state index contributed by atoms with van der Waals surface area (Å²) < 4.78 is 1.94. The van der Waals surface area contributed by atoms with Gasteiger partial charge in [-0.2, -0.15) is 0 Å². The lowest BCUT2D eigenvalue weighted by molar-refractivity contribution is -0.122. The van der Waals surface area contributed by atoms with Crippen molar-refractivity contribution in [2.24, 2.45) is 0 Å². The molecule has 0 saturated heterocycles. The smallest absolute Gasteiger partial charge is 0.222 e. The molecule has 1 aliphatic carbocycles. The molecular formula is C16H18ClN3O. The van der Waals surface area contributed by atoms with Crippen LogP contribution >= 0.6 is 11.6 Å². The number of hydrogen-bond donors (Lipinski definition) is 1. The van der Waals surface area contributed by atoms with Gasteiger partial charge in [0, 0.05) is 29.9 Å². The van der Waals surface area contributed by atoms with E-state index in [-0.39, 0.29) is 17.5 Å². The van der Waals surface area contributed by atoms with Crippen LogP contribution in [0.1, 0.15) is 37.8 Å². The van der Waals surface area contributed by atoms with Crippen molar-refractivity contribution < 1.29 is 4.79 Å². The van der Waals surface area contributed by atoms with Crippen molar-refractivity contribution in [1.82, 2.24) is 14.9 Å². The van der Waals surface area contributed by atoms with Crippen LogP contribution in [0.2, 0.25) is 5.02 Å². The molecule has 1 heterocycles. The fraction of sp³-hybridized carbons (Fsp3) is 0.375. The molecule has 1 aliphatic rings. The van der Waals surface area contributed by atoms with Crippen LogP contribution in [-0.2, 0) is 10.3 Å². The third-order valence-electron chi connectivity index (χ3n) is 4.03. The molecule has 1 aromatic carbocycles. The van der Waals surface area contributed by atoms with Gasteiger partial charge >= 0.3 is 0 Å². The highest BCUT2D eigenvalue weighted by Crippen LogP contribution is 2.48. The number of rotatable bonds is 5. The summed E-state index contributed by atoms with van der Waals surface area (Å²) in [6.45, 7) is 2.01. The number of carbonyl (C=O) groups excluding carboxylic acids is 1. The van der Waals surface area contributed by atoms with Gasteiger partial charge in [-0.05, 0) is 31.4 Å². The van der Waals surface area contributed by atoms with Crippen molar-refractivity contribution in [2.75, 3.05) is 0 Å². The zero-order valence-electron chi connectivity index (χ0n) is 11.9. The van der Waals surface area contributed by atoms with E-state index in [1.807, 2.05) is 42.0 Å². The van der Waals surface area contributed by atoms with Gasteiger partial charge in [0.2, 0.25) is 5.91 Å². The van der Waals surface area contributed by atoms with Crippen molar-refractivity contribution >= 4 is 17.5 Å². The zero-order chi connectivity index (χ0) is 14.9. The van der Waals surface area contributed by atoms with Crippen LogP contribution < -0.4 is 5.32 Å². The lowest BCUT2D eigenvalue weighted by Crippen LogP contribution is -2.36. The van der Waals surface area contributed by atoms with Crippen LogP contribution in [-0.4, -0.2) is 15.5 Å². The predicted molar refractivity (Wildman–Crippen MR) is 82.1 cm³/mol. The standard InChI is InChI=1S/C16H18ClN3O/c1-12(20-9-8-18-11-20)10-15(21)19-16(6-7-16)13-4-2-3-5-14(13)17/h2-5,8-9,11-12H,6-7,10H2,1H3,(H,19,21)/t12-/m0/s1. The van der Waals surface area contributed by atoms with Gasteiger partial charge in [-0.3, -0.25) is 4.79 Å². The molecule has 3 rings (SSSR count). The van der Waals surface area contributed by atoms with Gasteiger partial charge in [0.05, 0.1) is 11.9 Å². The van der Waals surface area contributed by atoms with Crippen molar-refractivity contribution in [1.29, 1.82) is 0 Å². The number of hydrogen-bond acceptors (Lipinski definition) is 2. The van der Waals surface area contributed by atoms with E-state index in [0.29, 0.717) is 6.42 Å². The van der Waals surface area contributed by atoms with Gasteiger partial charge < -0.3 is 9.88 Å². The van der Waals surface area contributed by atoms with Crippen LogP contribution in [0.5, 0.6) is 0 Å². The third kappa shape index (κ3) is 2.95. The fourth-order valence-electron chi connectivity index (χ4n) is 2.66. The number of nitrogens with one attached hydrogen (secondary N) is 1. The van der Waals surface area contributed by atoms with Crippen LogP contribution in [0.3, 0.4) is 0 Å². The minimum atomic E-state index is -0.260. The molecule has 1 fully saturated rings. The second-order valence-corrected chi connectivity index (χ2v) is 6.08. The first-order valence-corrected chi connectivity index (χ1v) is 7.52. The molecule has 110 valence electrons. The van der Waals surface area contributed by atoms with Crippen molar-refractivity contribution in [2.45, 2.75) is 37.8 Å². The van der Waals surface area contributed by atoms with E-state index in [0.717, 1.165) is 23.4 Å². The molecule has 1 atom stereocenters. The number of imidazole rings is 1. The zero-order valence-corrected chi connectivity index (χ0v) is 12.7. The predicted octanol–water partition coefficient (Wildman–Crippen LogP) is 3.29. The molecule has 5 heteroatoms. The molecule has 1 aromatic heterocycles. The lowest BCUT2D eigenvalue weighted by atomic mass is 10.0. The van der Waals surface area contributed by atoms with Gasteiger partial charge in [0.25, 0.3) is 0 Å². The third-order valence-corrected chi connectivity index (χ3v) is 4.36. The number of amides is 1. The SMILES string of the molecule is C[C@@H](CC(=O)NC1(c2ccccc2Cl)CC1)n1ccnc1. The van der Waals surface area contributed by atoms with Crippen LogP contribution in [0, 0.1) is 0 Å². The molecule has 1 saturated carbocycles. The minimum Gasteiger partial charge on any atom is -0.346 e. The topological polar surface area (TPSA) is 46.9 Å². The first-order valence-electron chi connectivity index (χ1n) is 7.14. The first kappa shape index (κ1) is 14.1. The van der Waals surface area contributed by atoms with E-state index in [4.69, 9.17) is 11.6 Å². The Kier molecular flexibility index (Phi) is 3.72. The molecule has 1 N–H and O–H groups in total. The highest BCUT2D eigenvalue weighted by Gasteiger charge is 2.46. The number of aromatic nitrogens is 2. The van der Waals surface area contributed by atoms with Gasteiger partial charge in [-0.1, -0.05) is 29.8 Å². The van der Waals surface area contributed by atoms with E-state index in [1.165, 1.54) is 0 Å². The average molecular weight is 304 g/mol. The Morgan fingerprint density at radius 1 is 1.48 bits per heavy atom. The van der Waals surface area contributed by atoms with E-state index in [9.17, 15) is 4.79 Å². The summed E-state index contributed by atoms with van der Waals surface area (Å²) in [6.07, 6.45) is 7.66. The minimum absolute atomic E-state index is 0.0496. The summed E-state index contributed by atoms with van der Waals surface area (Å²) in [4.78, 5) is 16.3. The average Bonchev–Trinajstić information content (AvgIpc) is 3.02. The largest absolute Gasteiger partial charge is 0.346 e. The van der Waals surface area contributed by atoms with Crippen LogP contribution in [0.4, 0.5) is 0 Å².